The maximum atomic E-state index is 11.9. The normalized spacial score (nSPS) is 10.1. The predicted molar refractivity (Wildman–Crippen MR) is 97.4 cm³/mol. The van der Waals surface area contributed by atoms with E-state index in [4.69, 9.17) is 9.47 Å². The van der Waals surface area contributed by atoms with Crippen molar-refractivity contribution in [1.82, 2.24) is 5.32 Å². The molecule has 0 aliphatic carbocycles. The number of carbonyl (C=O) groups is 2. The molecule has 6 heteroatoms. The van der Waals surface area contributed by atoms with Gasteiger partial charge in [-0.1, -0.05) is 19.1 Å². The van der Waals surface area contributed by atoms with Gasteiger partial charge in [0.2, 0.25) is 0 Å². The van der Waals surface area contributed by atoms with Crippen molar-refractivity contribution in [1.29, 1.82) is 0 Å². The summed E-state index contributed by atoms with van der Waals surface area (Å²) in [4.78, 5) is 23.3. The summed E-state index contributed by atoms with van der Waals surface area (Å²) in [6.07, 6.45) is 0.948. The van der Waals surface area contributed by atoms with E-state index in [-0.39, 0.29) is 18.5 Å². The maximum Gasteiger partial charge on any atom is 0.337 e. The van der Waals surface area contributed by atoms with Gasteiger partial charge in [-0.25, -0.2) is 4.79 Å². The SMILES string of the molecule is CCCOc1ccc(OCC(=O)NCc2ccc(C(=O)OC)cc2)cc1. The summed E-state index contributed by atoms with van der Waals surface area (Å²) in [5.41, 5.74) is 1.35. The molecule has 0 aliphatic heterocycles. The Morgan fingerprint density at radius 2 is 1.54 bits per heavy atom. The third-order valence-electron chi connectivity index (χ3n) is 3.53. The molecule has 2 rings (SSSR count). The quantitative estimate of drug-likeness (QED) is 0.699. The molecular weight excluding hydrogens is 334 g/mol. The van der Waals surface area contributed by atoms with E-state index in [0.29, 0.717) is 24.5 Å². The van der Waals surface area contributed by atoms with Gasteiger partial charge in [0.1, 0.15) is 11.5 Å². The minimum atomic E-state index is -0.389. The molecule has 138 valence electrons. The Balaban J connectivity index is 1.74. The van der Waals surface area contributed by atoms with Gasteiger partial charge in [0.25, 0.3) is 5.91 Å². The topological polar surface area (TPSA) is 73.9 Å². The lowest BCUT2D eigenvalue weighted by Crippen LogP contribution is -2.28. The Kier molecular flexibility index (Phi) is 7.49. The Hall–Kier alpha value is -3.02. The van der Waals surface area contributed by atoms with Crippen LogP contribution < -0.4 is 14.8 Å². The molecule has 0 heterocycles. The van der Waals surface area contributed by atoms with E-state index >= 15 is 0 Å². The van der Waals surface area contributed by atoms with Crippen LogP contribution in [0.2, 0.25) is 0 Å². The number of hydrogen-bond acceptors (Lipinski definition) is 5. The fraction of sp³-hybridized carbons (Fsp3) is 0.300. The number of methoxy groups -OCH3 is 1. The zero-order valence-corrected chi connectivity index (χ0v) is 15.0. The van der Waals surface area contributed by atoms with E-state index in [9.17, 15) is 9.59 Å². The van der Waals surface area contributed by atoms with Crippen molar-refractivity contribution in [3.05, 3.63) is 59.7 Å². The second-order valence-corrected chi connectivity index (χ2v) is 5.57. The van der Waals surface area contributed by atoms with Gasteiger partial charge in [-0.15, -0.1) is 0 Å². The smallest absolute Gasteiger partial charge is 0.337 e. The zero-order valence-electron chi connectivity index (χ0n) is 15.0. The Morgan fingerprint density at radius 1 is 0.923 bits per heavy atom. The number of rotatable bonds is 9. The number of hydrogen-bond donors (Lipinski definition) is 1. The van der Waals surface area contributed by atoms with Crippen LogP contribution in [0.1, 0.15) is 29.3 Å². The molecule has 26 heavy (non-hydrogen) atoms. The van der Waals surface area contributed by atoms with Crippen molar-refractivity contribution in [2.75, 3.05) is 20.3 Å². The van der Waals surface area contributed by atoms with Crippen LogP contribution in [0.3, 0.4) is 0 Å². The molecule has 2 aromatic rings. The first kappa shape index (κ1) is 19.3. The average Bonchev–Trinajstić information content (AvgIpc) is 2.69. The van der Waals surface area contributed by atoms with Crippen LogP contribution in [0.15, 0.2) is 48.5 Å². The molecule has 2 aromatic carbocycles. The number of amides is 1. The van der Waals surface area contributed by atoms with Crippen molar-refractivity contribution in [3.8, 4) is 11.5 Å². The van der Waals surface area contributed by atoms with Crippen molar-refractivity contribution in [3.63, 3.8) is 0 Å². The lowest BCUT2D eigenvalue weighted by atomic mass is 10.1. The van der Waals surface area contributed by atoms with Crippen LogP contribution in [0.4, 0.5) is 0 Å². The lowest BCUT2D eigenvalue weighted by molar-refractivity contribution is -0.123. The van der Waals surface area contributed by atoms with Crippen LogP contribution >= 0.6 is 0 Å². The highest BCUT2D eigenvalue weighted by Crippen LogP contribution is 2.17. The molecule has 1 N–H and O–H groups in total. The summed E-state index contributed by atoms with van der Waals surface area (Å²) in [5.74, 6) is 0.763. The monoisotopic (exact) mass is 357 g/mol. The highest BCUT2D eigenvalue weighted by Gasteiger charge is 2.06. The second-order valence-electron chi connectivity index (χ2n) is 5.57. The largest absolute Gasteiger partial charge is 0.494 e. The van der Waals surface area contributed by atoms with E-state index in [1.807, 2.05) is 19.1 Å². The molecule has 0 aromatic heterocycles. The fourth-order valence-corrected chi connectivity index (χ4v) is 2.13. The molecular formula is C20H23NO5. The number of esters is 1. The maximum absolute atomic E-state index is 11.9. The van der Waals surface area contributed by atoms with Crippen LogP contribution in [0.5, 0.6) is 11.5 Å². The second kappa shape index (κ2) is 10.1. The minimum Gasteiger partial charge on any atom is -0.494 e. The van der Waals surface area contributed by atoms with E-state index in [1.165, 1.54) is 7.11 Å². The highest BCUT2D eigenvalue weighted by atomic mass is 16.5. The fourth-order valence-electron chi connectivity index (χ4n) is 2.13. The number of nitrogens with one attached hydrogen (secondary N) is 1. The predicted octanol–water partition coefficient (Wildman–Crippen LogP) is 2.96. The van der Waals surface area contributed by atoms with E-state index < -0.39 is 0 Å². The summed E-state index contributed by atoms with van der Waals surface area (Å²) in [7, 11) is 1.34. The molecule has 1 amide bonds. The molecule has 0 aliphatic rings. The van der Waals surface area contributed by atoms with Gasteiger partial charge in [-0.05, 0) is 48.4 Å². The van der Waals surface area contributed by atoms with Crippen molar-refractivity contribution in [2.45, 2.75) is 19.9 Å². The highest BCUT2D eigenvalue weighted by molar-refractivity contribution is 5.89. The number of carbonyl (C=O) groups excluding carboxylic acids is 2. The summed E-state index contributed by atoms with van der Waals surface area (Å²) >= 11 is 0. The van der Waals surface area contributed by atoms with Crippen LogP contribution in [0, 0.1) is 0 Å². The van der Waals surface area contributed by atoms with Crippen LogP contribution in [-0.2, 0) is 16.1 Å². The van der Waals surface area contributed by atoms with Gasteiger partial charge in [0.05, 0.1) is 19.3 Å². The molecule has 6 nitrogen and oxygen atoms in total. The first-order valence-electron chi connectivity index (χ1n) is 8.42. The van der Waals surface area contributed by atoms with Gasteiger partial charge >= 0.3 is 5.97 Å². The molecule has 0 unspecified atom stereocenters. The summed E-state index contributed by atoms with van der Waals surface area (Å²) in [6.45, 7) is 3.00. The molecule has 0 spiro atoms. The lowest BCUT2D eigenvalue weighted by Gasteiger charge is -2.09. The third-order valence-corrected chi connectivity index (χ3v) is 3.53. The molecule has 0 atom stereocenters. The summed E-state index contributed by atoms with van der Waals surface area (Å²) in [5, 5.41) is 2.77. The van der Waals surface area contributed by atoms with E-state index in [0.717, 1.165) is 17.7 Å². The minimum absolute atomic E-state index is 0.0740. The van der Waals surface area contributed by atoms with Crippen molar-refractivity contribution in [2.24, 2.45) is 0 Å². The standard InChI is InChI=1S/C20H23NO5/c1-3-12-25-17-8-10-18(11-9-17)26-14-19(22)21-13-15-4-6-16(7-5-15)20(23)24-2/h4-11H,3,12-14H2,1-2H3,(H,21,22). The van der Waals surface area contributed by atoms with Gasteiger partial charge in [-0.2, -0.15) is 0 Å². The molecule has 0 radical (unpaired) electrons. The Morgan fingerprint density at radius 3 is 2.12 bits per heavy atom. The van der Waals surface area contributed by atoms with Crippen LogP contribution in [0.25, 0.3) is 0 Å². The first-order valence-corrected chi connectivity index (χ1v) is 8.42. The average molecular weight is 357 g/mol. The molecule has 0 fully saturated rings. The van der Waals surface area contributed by atoms with Gasteiger partial charge in [-0.3, -0.25) is 4.79 Å². The van der Waals surface area contributed by atoms with Crippen LogP contribution in [-0.4, -0.2) is 32.2 Å². The Bertz CT molecular complexity index is 710. The van der Waals surface area contributed by atoms with E-state index in [2.05, 4.69) is 10.1 Å². The molecule has 0 saturated carbocycles. The van der Waals surface area contributed by atoms with Gasteiger partial charge in [0, 0.05) is 6.54 Å². The Labute approximate surface area is 153 Å². The molecule has 0 saturated heterocycles. The number of benzene rings is 2. The van der Waals surface area contributed by atoms with E-state index in [1.54, 1.807) is 36.4 Å². The number of ether oxygens (including phenoxy) is 3. The van der Waals surface area contributed by atoms with Crippen molar-refractivity contribution < 1.29 is 23.8 Å². The van der Waals surface area contributed by atoms with Gasteiger partial charge in [0.15, 0.2) is 6.61 Å². The zero-order chi connectivity index (χ0) is 18.8. The van der Waals surface area contributed by atoms with Gasteiger partial charge < -0.3 is 19.5 Å². The summed E-state index contributed by atoms with van der Waals surface area (Å²) in [6, 6.07) is 14.0. The first-order chi connectivity index (χ1) is 12.6. The third kappa shape index (κ3) is 6.12. The molecule has 0 bridgehead atoms. The summed E-state index contributed by atoms with van der Waals surface area (Å²) < 4.78 is 15.6. The van der Waals surface area contributed by atoms with Crippen molar-refractivity contribution >= 4 is 11.9 Å².